The van der Waals surface area contributed by atoms with Crippen molar-refractivity contribution in [3.05, 3.63) is 83.4 Å². The molecule has 1 aliphatic rings. The molecule has 4 aromatic rings. The van der Waals surface area contributed by atoms with Gasteiger partial charge in [-0.1, -0.05) is 24.3 Å². The van der Waals surface area contributed by atoms with Crippen molar-refractivity contribution in [2.75, 3.05) is 11.1 Å². The highest BCUT2D eigenvalue weighted by Crippen LogP contribution is 2.40. The van der Waals surface area contributed by atoms with E-state index in [4.69, 9.17) is 10.7 Å². The van der Waals surface area contributed by atoms with Gasteiger partial charge in [0.2, 0.25) is 0 Å². The van der Waals surface area contributed by atoms with Crippen LogP contribution in [0.5, 0.6) is 0 Å². The molecule has 28 heavy (non-hydrogen) atoms. The number of nitrogen functional groups attached to an aromatic ring is 1. The predicted molar refractivity (Wildman–Crippen MR) is 113 cm³/mol. The lowest BCUT2D eigenvalue weighted by Crippen LogP contribution is -2.08. The zero-order valence-corrected chi connectivity index (χ0v) is 15.8. The van der Waals surface area contributed by atoms with Gasteiger partial charge in [0.05, 0.1) is 11.6 Å². The second kappa shape index (κ2) is 6.68. The number of aromatic amines is 1. The fourth-order valence-corrected chi connectivity index (χ4v) is 4.29. The highest BCUT2D eigenvalue weighted by atomic mass is 15.0. The summed E-state index contributed by atoms with van der Waals surface area (Å²) in [6.07, 6.45) is 5.80. The lowest BCUT2D eigenvalue weighted by atomic mass is 9.92. The average Bonchev–Trinajstić information content (AvgIpc) is 3.38. The molecule has 0 bridgehead atoms. The number of anilines is 2. The Labute approximate surface area is 164 Å². The number of nitrogens with zero attached hydrogens (tertiary/aromatic N) is 2. The molecule has 0 amide bonds. The van der Waals surface area contributed by atoms with E-state index in [-0.39, 0.29) is 6.04 Å². The predicted octanol–water partition coefficient (Wildman–Crippen LogP) is 4.79. The number of H-pyrrole nitrogens is 1. The number of nitrogens with one attached hydrogen (secondary N) is 2. The molecule has 2 heterocycles. The fourth-order valence-electron chi connectivity index (χ4n) is 4.29. The van der Waals surface area contributed by atoms with Crippen molar-refractivity contribution in [3.8, 4) is 0 Å². The highest BCUT2D eigenvalue weighted by molar-refractivity contribution is 5.85. The maximum absolute atomic E-state index is 6.37. The van der Waals surface area contributed by atoms with Crippen LogP contribution in [0, 0.1) is 0 Å². The molecular weight excluding hydrogens is 346 g/mol. The van der Waals surface area contributed by atoms with Crippen molar-refractivity contribution in [1.82, 2.24) is 15.0 Å². The van der Waals surface area contributed by atoms with E-state index in [1.807, 2.05) is 18.3 Å². The van der Waals surface area contributed by atoms with E-state index in [1.54, 1.807) is 6.20 Å². The van der Waals surface area contributed by atoms with Crippen LogP contribution in [0.15, 0.2) is 60.9 Å². The Hall–Kier alpha value is -3.34. The molecule has 0 aliphatic heterocycles. The van der Waals surface area contributed by atoms with Gasteiger partial charge in [-0.2, -0.15) is 0 Å². The van der Waals surface area contributed by atoms with Gasteiger partial charge in [-0.25, -0.2) is 9.97 Å². The van der Waals surface area contributed by atoms with Crippen molar-refractivity contribution >= 4 is 22.4 Å². The standard InChI is InChI=1S/C23H23N5/c1-14(23-25-10-11-26-23)27-17-7-9-21-16(12-17)13-20(22(24)28-21)19-8-6-15-4-2-3-5-18(15)19/h2-5,7,9-14,19,27H,6,8H2,1H3,(H2,24,28)(H,25,26)/t14-,19?/m1/s1. The molecule has 2 aromatic heterocycles. The smallest absolute Gasteiger partial charge is 0.128 e. The molecule has 1 unspecified atom stereocenters. The van der Waals surface area contributed by atoms with E-state index in [2.05, 4.69) is 58.6 Å². The van der Waals surface area contributed by atoms with E-state index in [9.17, 15) is 0 Å². The summed E-state index contributed by atoms with van der Waals surface area (Å²) in [6, 6.07) is 17.2. The van der Waals surface area contributed by atoms with Crippen LogP contribution in [0.1, 0.15) is 47.8 Å². The Kier molecular flexibility index (Phi) is 4.01. The van der Waals surface area contributed by atoms with Crippen LogP contribution in [0.3, 0.4) is 0 Å². The van der Waals surface area contributed by atoms with Gasteiger partial charge in [0.15, 0.2) is 0 Å². The molecule has 2 atom stereocenters. The van der Waals surface area contributed by atoms with E-state index in [0.717, 1.165) is 40.8 Å². The second-order valence-corrected chi connectivity index (χ2v) is 7.50. The molecule has 140 valence electrons. The highest BCUT2D eigenvalue weighted by Gasteiger charge is 2.26. The summed E-state index contributed by atoms with van der Waals surface area (Å²) < 4.78 is 0. The van der Waals surface area contributed by atoms with Crippen LogP contribution in [0.2, 0.25) is 0 Å². The number of aromatic nitrogens is 3. The molecular formula is C23H23N5. The number of aryl methyl sites for hydroxylation is 1. The summed E-state index contributed by atoms with van der Waals surface area (Å²) in [6.45, 7) is 2.09. The third-order valence-electron chi connectivity index (χ3n) is 5.70. The van der Waals surface area contributed by atoms with Gasteiger partial charge in [0.25, 0.3) is 0 Å². The van der Waals surface area contributed by atoms with Crippen LogP contribution in [0.4, 0.5) is 11.5 Å². The molecule has 0 fully saturated rings. The topological polar surface area (TPSA) is 79.6 Å². The van der Waals surface area contributed by atoms with Gasteiger partial charge < -0.3 is 16.0 Å². The molecule has 0 saturated heterocycles. The second-order valence-electron chi connectivity index (χ2n) is 7.50. The molecule has 5 rings (SSSR count). The van der Waals surface area contributed by atoms with Crippen molar-refractivity contribution in [3.63, 3.8) is 0 Å². The first-order valence-electron chi connectivity index (χ1n) is 9.73. The molecule has 5 nitrogen and oxygen atoms in total. The summed E-state index contributed by atoms with van der Waals surface area (Å²) in [7, 11) is 0. The minimum absolute atomic E-state index is 0.0929. The first kappa shape index (κ1) is 16.8. The molecule has 0 spiro atoms. The van der Waals surface area contributed by atoms with E-state index >= 15 is 0 Å². The van der Waals surface area contributed by atoms with Crippen LogP contribution in [0.25, 0.3) is 10.9 Å². The lowest BCUT2D eigenvalue weighted by molar-refractivity contribution is 0.788. The number of rotatable bonds is 4. The summed E-state index contributed by atoms with van der Waals surface area (Å²) >= 11 is 0. The van der Waals surface area contributed by atoms with Crippen molar-refractivity contribution in [2.24, 2.45) is 0 Å². The zero-order chi connectivity index (χ0) is 19.1. The quantitative estimate of drug-likeness (QED) is 0.483. The first-order chi connectivity index (χ1) is 13.7. The first-order valence-corrected chi connectivity index (χ1v) is 9.73. The molecule has 0 saturated carbocycles. The minimum Gasteiger partial charge on any atom is -0.383 e. The third-order valence-corrected chi connectivity index (χ3v) is 5.70. The van der Waals surface area contributed by atoms with E-state index < -0.39 is 0 Å². The molecule has 2 aromatic carbocycles. The summed E-state index contributed by atoms with van der Waals surface area (Å²) in [5.74, 6) is 1.88. The lowest BCUT2D eigenvalue weighted by Gasteiger charge is -2.17. The molecule has 4 N–H and O–H groups in total. The normalized spacial score (nSPS) is 16.8. The maximum Gasteiger partial charge on any atom is 0.128 e. The van der Waals surface area contributed by atoms with Crippen LogP contribution in [-0.2, 0) is 6.42 Å². The molecule has 1 aliphatic carbocycles. The van der Waals surface area contributed by atoms with Gasteiger partial charge in [-0.15, -0.1) is 0 Å². The van der Waals surface area contributed by atoms with Crippen molar-refractivity contribution in [1.29, 1.82) is 0 Å². The number of benzene rings is 2. The van der Waals surface area contributed by atoms with Crippen LogP contribution < -0.4 is 11.1 Å². The van der Waals surface area contributed by atoms with Crippen molar-refractivity contribution < 1.29 is 0 Å². The largest absolute Gasteiger partial charge is 0.383 e. The number of nitrogens with two attached hydrogens (primary N) is 1. The maximum atomic E-state index is 6.37. The van der Waals surface area contributed by atoms with E-state index in [0.29, 0.717) is 11.7 Å². The van der Waals surface area contributed by atoms with Crippen LogP contribution in [-0.4, -0.2) is 15.0 Å². The van der Waals surface area contributed by atoms with Gasteiger partial charge in [0.1, 0.15) is 11.6 Å². The van der Waals surface area contributed by atoms with Gasteiger partial charge in [-0.05, 0) is 55.2 Å². The number of fused-ring (bicyclic) bond motifs is 2. The van der Waals surface area contributed by atoms with Crippen molar-refractivity contribution in [2.45, 2.75) is 31.7 Å². The van der Waals surface area contributed by atoms with Gasteiger partial charge in [-0.3, -0.25) is 0 Å². The monoisotopic (exact) mass is 369 g/mol. The summed E-state index contributed by atoms with van der Waals surface area (Å²) in [5.41, 5.74) is 12.3. The Balaban J connectivity index is 1.51. The summed E-state index contributed by atoms with van der Waals surface area (Å²) in [4.78, 5) is 12.2. The van der Waals surface area contributed by atoms with E-state index in [1.165, 1.54) is 11.1 Å². The Morgan fingerprint density at radius 3 is 2.89 bits per heavy atom. The zero-order valence-electron chi connectivity index (χ0n) is 15.8. The van der Waals surface area contributed by atoms with Gasteiger partial charge in [0, 0.05) is 34.9 Å². The fraction of sp³-hybridized carbons (Fsp3) is 0.217. The Morgan fingerprint density at radius 1 is 1.14 bits per heavy atom. The molecule has 0 radical (unpaired) electrons. The number of pyridine rings is 1. The average molecular weight is 369 g/mol. The minimum atomic E-state index is 0.0929. The SMILES string of the molecule is C[C@@H](Nc1ccc2nc(N)c(C3CCc4ccccc43)cc2c1)c1ncc[nH]1. The third kappa shape index (κ3) is 2.89. The number of hydrogen-bond donors (Lipinski definition) is 3. The molecule has 5 heteroatoms. The Bertz CT molecular complexity index is 1130. The number of hydrogen-bond acceptors (Lipinski definition) is 4. The summed E-state index contributed by atoms with van der Waals surface area (Å²) in [5, 5.41) is 4.60. The van der Waals surface area contributed by atoms with Gasteiger partial charge >= 0.3 is 0 Å². The van der Waals surface area contributed by atoms with Crippen LogP contribution >= 0.6 is 0 Å². The number of imidazole rings is 1. The Morgan fingerprint density at radius 2 is 2.04 bits per heavy atom.